The van der Waals surface area contributed by atoms with E-state index in [2.05, 4.69) is 26.0 Å². The third kappa shape index (κ3) is 6.06. The normalized spacial score (nSPS) is 10.5. The van der Waals surface area contributed by atoms with Crippen LogP contribution in [0.15, 0.2) is 84.3 Å². The number of nitro benzene ring substituents is 1. The van der Waals surface area contributed by atoms with Crippen molar-refractivity contribution in [2.24, 2.45) is 0 Å². The summed E-state index contributed by atoms with van der Waals surface area (Å²) in [6.45, 7) is 0.492. The molecule has 0 spiro atoms. The minimum absolute atomic E-state index is 0.0464. The number of hydrogen-bond acceptors (Lipinski definition) is 8. The maximum atomic E-state index is 12.4. The van der Waals surface area contributed by atoms with Crippen LogP contribution in [0.4, 0.5) is 5.69 Å². The summed E-state index contributed by atoms with van der Waals surface area (Å²) in [4.78, 5) is 39.0. The Balaban J connectivity index is 1.42. The Morgan fingerprint density at radius 1 is 1.00 bits per heavy atom. The van der Waals surface area contributed by atoms with Crippen molar-refractivity contribution in [3.8, 4) is 11.4 Å². The van der Waals surface area contributed by atoms with E-state index in [0.29, 0.717) is 17.5 Å². The fourth-order valence-electron chi connectivity index (χ4n) is 3.14. The van der Waals surface area contributed by atoms with Gasteiger partial charge in [-0.05, 0) is 23.8 Å². The molecule has 11 nitrogen and oxygen atoms in total. The number of hydrogen-bond donors (Lipinski definition) is 2. The highest BCUT2D eigenvalue weighted by Crippen LogP contribution is 2.24. The molecular formula is C23H19N7O4S. The molecule has 2 aromatic heterocycles. The zero-order valence-corrected chi connectivity index (χ0v) is 19.0. The Morgan fingerprint density at radius 2 is 1.83 bits per heavy atom. The van der Waals surface area contributed by atoms with Gasteiger partial charge in [-0.2, -0.15) is 0 Å². The highest BCUT2D eigenvalue weighted by atomic mass is 32.2. The minimum atomic E-state index is -0.668. The van der Waals surface area contributed by atoms with Crippen LogP contribution >= 0.6 is 11.8 Å². The van der Waals surface area contributed by atoms with Crippen LogP contribution in [-0.2, 0) is 11.3 Å². The van der Waals surface area contributed by atoms with E-state index in [9.17, 15) is 19.7 Å². The third-order valence-electron chi connectivity index (χ3n) is 4.79. The summed E-state index contributed by atoms with van der Waals surface area (Å²) >= 11 is 1.16. The Morgan fingerprint density at radius 3 is 2.57 bits per heavy atom. The summed E-state index contributed by atoms with van der Waals surface area (Å²) in [7, 11) is 0. The summed E-state index contributed by atoms with van der Waals surface area (Å²) < 4.78 is 1.89. The molecule has 2 amide bonds. The maximum Gasteiger partial charge on any atom is 0.270 e. The van der Waals surface area contributed by atoms with Crippen molar-refractivity contribution in [2.75, 3.05) is 5.75 Å². The number of nitro groups is 1. The number of carbonyl (C=O) groups excluding carboxylic acids is 2. The fraction of sp³-hybridized carbons (Fsp3) is 0.0870. The number of amides is 2. The number of carbonyl (C=O) groups is 2. The fourth-order valence-corrected chi connectivity index (χ4v) is 3.88. The van der Waals surface area contributed by atoms with Crippen LogP contribution in [0.25, 0.3) is 11.4 Å². The second-order valence-electron chi connectivity index (χ2n) is 7.22. The molecule has 35 heavy (non-hydrogen) atoms. The number of non-ortho nitro benzene ring substituents is 1. The van der Waals surface area contributed by atoms with Crippen LogP contribution in [-0.4, -0.2) is 42.2 Å². The first-order chi connectivity index (χ1) is 17.0. The number of aromatic nitrogens is 4. The van der Waals surface area contributed by atoms with Gasteiger partial charge in [0, 0.05) is 35.7 Å². The Bertz CT molecular complexity index is 1350. The molecule has 4 rings (SSSR count). The molecule has 2 aromatic carbocycles. The van der Waals surface area contributed by atoms with Crippen LogP contribution in [0.2, 0.25) is 0 Å². The number of thioether (sulfide) groups is 1. The van der Waals surface area contributed by atoms with Crippen molar-refractivity contribution in [1.82, 2.24) is 30.6 Å². The predicted octanol–water partition coefficient (Wildman–Crippen LogP) is 2.85. The molecule has 0 atom stereocenters. The molecule has 0 radical (unpaired) electrons. The Kier molecular flexibility index (Phi) is 7.43. The lowest BCUT2D eigenvalue weighted by molar-refractivity contribution is -0.384. The van der Waals surface area contributed by atoms with Crippen LogP contribution < -0.4 is 10.9 Å². The third-order valence-corrected chi connectivity index (χ3v) is 5.75. The molecule has 0 aliphatic heterocycles. The number of benzene rings is 2. The largest absolute Gasteiger partial charge is 0.297 e. The lowest BCUT2D eigenvalue weighted by Crippen LogP contribution is -2.42. The molecule has 176 valence electrons. The van der Waals surface area contributed by atoms with Gasteiger partial charge in [-0.15, -0.1) is 10.2 Å². The van der Waals surface area contributed by atoms with E-state index in [1.165, 1.54) is 18.2 Å². The zero-order chi connectivity index (χ0) is 24.6. The van der Waals surface area contributed by atoms with E-state index >= 15 is 0 Å². The van der Waals surface area contributed by atoms with Crippen molar-refractivity contribution >= 4 is 29.3 Å². The number of rotatable bonds is 8. The van der Waals surface area contributed by atoms with Gasteiger partial charge >= 0.3 is 0 Å². The maximum absolute atomic E-state index is 12.4. The summed E-state index contributed by atoms with van der Waals surface area (Å²) in [5.74, 6) is -0.581. The van der Waals surface area contributed by atoms with Crippen molar-refractivity contribution in [2.45, 2.75) is 11.7 Å². The summed E-state index contributed by atoms with van der Waals surface area (Å²) in [6, 6.07) is 18.7. The lowest BCUT2D eigenvalue weighted by Gasteiger charge is -2.11. The zero-order valence-electron chi connectivity index (χ0n) is 18.2. The second-order valence-corrected chi connectivity index (χ2v) is 8.16. The first-order valence-corrected chi connectivity index (χ1v) is 11.3. The van der Waals surface area contributed by atoms with E-state index in [1.807, 2.05) is 41.0 Å². The van der Waals surface area contributed by atoms with Crippen LogP contribution in [0, 0.1) is 10.1 Å². The van der Waals surface area contributed by atoms with Gasteiger partial charge < -0.3 is 0 Å². The summed E-state index contributed by atoms with van der Waals surface area (Å²) in [5.41, 5.74) is 6.23. The molecule has 0 aliphatic rings. The number of nitrogens with zero attached hydrogens (tertiary/aromatic N) is 5. The average Bonchev–Trinajstić information content (AvgIpc) is 3.29. The molecule has 2 N–H and O–H groups in total. The van der Waals surface area contributed by atoms with Gasteiger partial charge in [0.25, 0.3) is 11.6 Å². The molecule has 0 saturated heterocycles. The Labute approximate surface area is 203 Å². The standard InChI is InChI=1S/C23H19N7O4S/c31-20(25-27-22(32)17-8-4-10-19(12-17)30(33)34)15-35-23-28-26-21(18-9-5-11-24-13-18)29(23)14-16-6-2-1-3-7-16/h1-13H,14-15H2,(H,25,31)(H,27,32). The SMILES string of the molecule is O=C(CSc1nnc(-c2cccnc2)n1Cc1ccccc1)NNC(=O)c1cccc([N+](=O)[O-])c1. The van der Waals surface area contributed by atoms with E-state index in [1.54, 1.807) is 18.5 Å². The van der Waals surface area contributed by atoms with Gasteiger partial charge in [-0.25, -0.2) is 0 Å². The number of hydrazine groups is 1. The van der Waals surface area contributed by atoms with Gasteiger partial charge in [0.05, 0.1) is 17.2 Å². The molecule has 12 heteroatoms. The van der Waals surface area contributed by atoms with E-state index in [-0.39, 0.29) is 17.0 Å². The van der Waals surface area contributed by atoms with E-state index in [4.69, 9.17) is 0 Å². The molecule has 0 saturated carbocycles. The monoisotopic (exact) mass is 489 g/mol. The smallest absolute Gasteiger partial charge is 0.270 e. The highest BCUT2D eigenvalue weighted by Gasteiger charge is 2.17. The molecule has 4 aromatic rings. The number of pyridine rings is 1. The van der Waals surface area contributed by atoms with Crippen molar-refractivity contribution in [3.63, 3.8) is 0 Å². The molecule has 0 unspecified atom stereocenters. The van der Waals surface area contributed by atoms with E-state index < -0.39 is 16.7 Å². The summed E-state index contributed by atoms with van der Waals surface area (Å²) in [5, 5.41) is 19.9. The van der Waals surface area contributed by atoms with Crippen molar-refractivity contribution in [3.05, 3.63) is 100 Å². The molecule has 0 fully saturated rings. The molecule has 0 bridgehead atoms. The van der Waals surface area contributed by atoms with Crippen molar-refractivity contribution < 1.29 is 14.5 Å². The highest BCUT2D eigenvalue weighted by molar-refractivity contribution is 7.99. The van der Waals surface area contributed by atoms with Gasteiger partial charge in [0.15, 0.2) is 11.0 Å². The second kappa shape index (κ2) is 11.0. The summed E-state index contributed by atoms with van der Waals surface area (Å²) in [6.07, 6.45) is 3.36. The first kappa shape index (κ1) is 23.6. The quantitative estimate of drug-likeness (QED) is 0.218. The van der Waals surface area contributed by atoms with Crippen LogP contribution in [0.1, 0.15) is 15.9 Å². The Hall–Kier alpha value is -4.58. The first-order valence-electron chi connectivity index (χ1n) is 10.4. The molecular weight excluding hydrogens is 470 g/mol. The lowest BCUT2D eigenvalue weighted by atomic mass is 10.2. The number of nitrogens with one attached hydrogen (secondary N) is 2. The molecule has 2 heterocycles. The van der Waals surface area contributed by atoms with E-state index in [0.717, 1.165) is 29.0 Å². The molecule has 0 aliphatic carbocycles. The van der Waals surface area contributed by atoms with Gasteiger partial charge in [0.1, 0.15) is 0 Å². The average molecular weight is 490 g/mol. The van der Waals surface area contributed by atoms with Gasteiger partial charge in [0.2, 0.25) is 5.91 Å². The van der Waals surface area contributed by atoms with Crippen LogP contribution in [0.5, 0.6) is 0 Å². The topological polar surface area (TPSA) is 145 Å². The van der Waals surface area contributed by atoms with Gasteiger partial charge in [-0.1, -0.05) is 48.2 Å². The predicted molar refractivity (Wildman–Crippen MR) is 128 cm³/mol. The minimum Gasteiger partial charge on any atom is -0.297 e. The van der Waals surface area contributed by atoms with Gasteiger partial charge in [-0.3, -0.25) is 40.1 Å². The van der Waals surface area contributed by atoms with Crippen molar-refractivity contribution in [1.29, 1.82) is 0 Å². The van der Waals surface area contributed by atoms with Crippen LogP contribution in [0.3, 0.4) is 0 Å².